The molecule has 0 unspecified atom stereocenters. The first-order valence-electron chi connectivity index (χ1n) is 15.5. The van der Waals surface area contributed by atoms with Gasteiger partial charge in [-0.1, -0.05) is 60.7 Å². The van der Waals surface area contributed by atoms with Crippen molar-refractivity contribution in [3.8, 4) is 34.6 Å². The summed E-state index contributed by atoms with van der Waals surface area (Å²) in [5, 5.41) is 25.3. The van der Waals surface area contributed by atoms with Crippen molar-refractivity contribution in [2.45, 2.75) is 27.7 Å². The first-order chi connectivity index (χ1) is 22.4. The molecule has 2 aromatic heterocycles. The van der Waals surface area contributed by atoms with E-state index in [1.807, 2.05) is 24.3 Å². The summed E-state index contributed by atoms with van der Waals surface area (Å²) in [7, 11) is 0. The van der Waals surface area contributed by atoms with Gasteiger partial charge in [-0.05, 0) is 104 Å². The van der Waals surface area contributed by atoms with Gasteiger partial charge < -0.3 is 9.13 Å². The van der Waals surface area contributed by atoms with E-state index in [4.69, 9.17) is 0 Å². The van der Waals surface area contributed by atoms with Crippen molar-refractivity contribution in [3.63, 3.8) is 0 Å². The van der Waals surface area contributed by atoms with Gasteiger partial charge in [0.2, 0.25) is 0 Å². The Bertz CT molecular complexity index is 2530. The molecule has 0 aliphatic carbocycles. The number of benzene rings is 6. The van der Waals surface area contributed by atoms with Crippen molar-refractivity contribution in [3.05, 3.63) is 143 Å². The first kappa shape index (κ1) is 27.4. The van der Waals surface area contributed by atoms with E-state index in [9.17, 15) is 10.5 Å². The van der Waals surface area contributed by atoms with Crippen molar-refractivity contribution in [2.75, 3.05) is 0 Å². The minimum absolute atomic E-state index is 0.553. The number of fused-ring (bicyclic) bond motifs is 6. The van der Waals surface area contributed by atoms with Crippen molar-refractivity contribution in [1.82, 2.24) is 9.13 Å². The number of aromatic nitrogens is 2. The molecule has 0 spiro atoms. The van der Waals surface area contributed by atoms with Crippen molar-refractivity contribution in [2.24, 2.45) is 0 Å². The van der Waals surface area contributed by atoms with Crippen LogP contribution in [0.3, 0.4) is 0 Å². The molecule has 0 amide bonds. The maximum atomic E-state index is 10.6. The van der Waals surface area contributed by atoms with Crippen LogP contribution in [0.4, 0.5) is 0 Å². The zero-order valence-electron chi connectivity index (χ0n) is 26.2. The number of nitrogens with zero attached hydrogens (tertiary/aromatic N) is 4. The van der Waals surface area contributed by atoms with Crippen LogP contribution in [0.5, 0.6) is 0 Å². The average molecular weight is 591 g/mol. The van der Waals surface area contributed by atoms with E-state index in [1.54, 1.807) is 6.07 Å². The van der Waals surface area contributed by atoms with Gasteiger partial charge in [0.25, 0.3) is 0 Å². The summed E-state index contributed by atoms with van der Waals surface area (Å²) >= 11 is 0. The lowest BCUT2D eigenvalue weighted by molar-refractivity contribution is 1.09. The molecule has 4 heteroatoms. The molecular weight excluding hydrogens is 560 g/mol. The molecule has 0 saturated carbocycles. The SMILES string of the molecule is Cc1cccc2c1c1c(C)cccc1n2-c1cc(C#N)c(-c2cccc(C#N)c2)cc1-n1c2cccc(C)c2c2c(C)cccc21. The number of aryl methyl sites for hydroxylation is 4. The van der Waals surface area contributed by atoms with Gasteiger partial charge in [-0.3, -0.25) is 0 Å². The Hall–Kier alpha value is -6.10. The Labute approximate surface area is 267 Å². The molecule has 0 aliphatic rings. The predicted molar refractivity (Wildman–Crippen MR) is 189 cm³/mol. The van der Waals surface area contributed by atoms with E-state index >= 15 is 0 Å². The van der Waals surface area contributed by atoms with Crippen LogP contribution < -0.4 is 0 Å². The zero-order chi connectivity index (χ0) is 31.7. The summed E-state index contributed by atoms with van der Waals surface area (Å²) in [6.45, 7) is 8.69. The van der Waals surface area contributed by atoms with E-state index in [-0.39, 0.29) is 0 Å². The number of hydrogen-bond donors (Lipinski definition) is 0. The van der Waals surface area contributed by atoms with E-state index in [0.717, 1.165) is 44.6 Å². The van der Waals surface area contributed by atoms with Gasteiger partial charge in [-0.25, -0.2) is 0 Å². The monoisotopic (exact) mass is 590 g/mol. The molecule has 0 saturated heterocycles. The van der Waals surface area contributed by atoms with Crippen LogP contribution in [0.15, 0.2) is 109 Å². The molecule has 46 heavy (non-hydrogen) atoms. The zero-order valence-corrected chi connectivity index (χ0v) is 26.2. The smallest absolute Gasteiger partial charge is 0.0998 e. The standard InChI is InChI=1S/C42H30N4/c1-25-10-5-16-33-39(25)40-26(2)11-6-17-34(40)45(33)37-21-31(24-44)32(30-15-9-14-29(20-30)23-43)22-38(37)46-35-18-7-12-27(3)41(35)42-28(4)13-8-19-36(42)46/h5-22H,1-4H3. The Balaban J connectivity index is 1.62. The van der Waals surface area contributed by atoms with Crippen LogP contribution in [-0.4, -0.2) is 9.13 Å². The second-order valence-corrected chi connectivity index (χ2v) is 12.2. The van der Waals surface area contributed by atoms with Gasteiger partial charge in [0.05, 0.1) is 56.7 Å². The highest BCUT2D eigenvalue weighted by molar-refractivity contribution is 6.14. The van der Waals surface area contributed by atoms with Crippen molar-refractivity contribution in [1.29, 1.82) is 10.5 Å². The molecule has 0 aliphatic heterocycles. The van der Waals surface area contributed by atoms with E-state index in [2.05, 4.69) is 128 Å². The molecule has 2 heterocycles. The minimum atomic E-state index is 0.553. The quantitative estimate of drug-likeness (QED) is 0.206. The highest BCUT2D eigenvalue weighted by Crippen LogP contribution is 2.43. The Kier molecular flexibility index (Phi) is 6.11. The third kappa shape index (κ3) is 3.84. The third-order valence-corrected chi connectivity index (χ3v) is 9.49. The second-order valence-electron chi connectivity index (χ2n) is 12.2. The molecule has 0 radical (unpaired) electrons. The summed E-state index contributed by atoms with van der Waals surface area (Å²) in [5.41, 5.74) is 13.9. The van der Waals surface area contributed by atoms with Crippen LogP contribution in [-0.2, 0) is 0 Å². The fraction of sp³-hybridized carbons (Fsp3) is 0.0952. The molecular formula is C42H30N4. The van der Waals surface area contributed by atoms with E-state index in [0.29, 0.717) is 11.1 Å². The number of rotatable bonds is 3. The fourth-order valence-electron chi connectivity index (χ4n) is 7.46. The molecule has 0 atom stereocenters. The van der Waals surface area contributed by atoms with Gasteiger partial charge >= 0.3 is 0 Å². The molecule has 8 rings (SSSR count). The second kappa shape index (κ2) is 10.2. The number of hydrogen-bond acceptors (Lipinski definition) is 2. The van der Waals surface area contributed by atoms with Crippen LogP contribution >= 0.6 is 0 Å². The van der Waals surface area contributed by atoms with Gasteiger partial charge in [-0.15, -0.1) is 0 Å². The predicted octanol–water partition coefficient (Wildman–Crippen LogP) is 10.5. The molecule has 0 fully saturated rings. The lowest BCUT2D eigenvalue weighted by Gasteiger charge is -2.19. The molecule has 8 aromatic rings. The summed E-state index contributed by atoms with van der Waals surface area (Å²) in [6, 6.07) is 42.4. The lowest BCUT2D eigenvalue weighted by atomic mass is 9.97. The molecule has 0 N–H and O–H groups in total. The fourth-order valence-corrected chi connectivity index (χ4v) is 7.46. The Morgan fingerprint density at radius 3 is 1.28 bits per heavy atom. The Morgan fingerprint density at radius 2 is 0.870 bits per heavy atom. The van der Waals surface area contributed by atoms with Crippen molar-refractivity contribution >= 4 is 43.6 Å². The van der Waals surface area contributed by atoms with E-state index < -0.39 is 0 Å². The average Bonchev–Trinajstić information content (AvgIpc) is 3.60. The molecule has 4 nitrogen and oxygen atoms in total. The van der Waals surface area contributed by atoms with Crippen LogP contribution in [0.2, 0.25) is 0 Å². The molecule has 0 bridgehead atoms. The maximum Gasteiger partial charge on any atom is 0.0998 e. The summed E-state index contributed by atoms with van der Waals surface area (Å²) in [6.07, 6.45) is 0. The van der Waals surface area contributed by atoms with Gasteiger partial charge in [0.15, 0.2) is 0 Å². The summed E-state index contributed by atoms with van der Waals surface area (Å²) in [4.78, 5) is 0. The Morgan fingerprint density at radius 1 is 0.457 bits per heavy atom. The largest absolute Gasteiger partial charge is 0.307 e. The molecule has 6 aromatic carbocycles. The van der Waals surface area contributed by atoms with Gasteiger partial charge in [0.1, 0.15) is 0 Å². The lowest BCUT2D eigenvalue weighted by Crippen LogP contribution is -2.05. The third-order valence-electron chi connectivity index (χ3n) is 9.49. The van der Waals surface area contributed by atoms with E-state index in [1.165, 1.54) is 43.8 Å². The van der Waals surface area contributed by atoms with Gasteiger partial charge in [-0.2, -0.15) is 10.5 Å². The highest BCUT2D eigenvalue weighted by Gasteiger charge is 2.24. The number of nitriles is 2. The highest BCUT2D eigenvalue weighted by atomic mass is 15.1. The molecule has 218 valence electrons. The van der Waals surface area contributed by atoms with Crippen LogP contribution in [0.1, 0.15) is 33.4 Å². The van der Waals surface area contributed by atoms with Crippen molar-refractivity contribution < 1.29 is 0 Å². The summed E-state index contributed by atoms with van der Waals surface area (Å²) < 4.78 is 4.70. The minimum Gasteiger partial charge on any atom is -0.307 e. The summed E-state index contributed by atoms with van der Waals surface area (Å²) in [5.74, 6) is 0. The normalized spacial score (nSPS) is 11.4. The maximum absolute atomic E-state index is 10.6. The first-order valence-corrected chi connectivity index (χ1v) is 15.5. The topological polar surface area (TPSA) is 57.4 Å². The van der Waals surface area contributed by atoms with Crippen LogP contribution in [0.25, 0.3) is 66.1 Å². The van der Waals surface area contributed by atoms with Gasteiger partial charge in [0, 0.05) is 27.1 Å². The van der Waals surface area contributed by atoms with Crippen LogP contribution in [0, 0.1) is 50.4 Å².